The van der Waals surface area contributed by atoms with Gasteiger partial charge in [-0.3, -0.25) is 0 Å². The fraction of sp³-hybridized carbons (Fsp3) is 0.118. The molecule has 0 saturated heterocycles. The topological polar surface area (TPSA) is 3.24 Å². The van der Waals surface area contributed by atoms with Gasteiger partial charge in [-0.15, -0.1) is 0 Å². The average Bonchev–Trinajstić information content (AvgIpc) is 3.45. The SMILES string of the molecule is c1ccc2c(c1)Cc1ccc3c(c1-2)Cc1cc2c(cc1-3)N1c3ccccc3Cc3cccc(c31)C2. The number of hydrogen-bond donors (Lipinski definition) is 0. The second kappa shape index (κ2) is 6.31. The van der Waals surface area contributed by atoms with Crippen molar-refractivity contribution in [1.29, 1.82) is 0 Å². The van der Waals surface area contributed by atoms with Crippen LogP contribution in [0.3, 0.4) is 0 Å². The Morgan fingerprint density at radius 1 is 0.429 bits per heavy atom. The molecule has 1 nitrogen and oxygen atoms in total. The zero-order chi connectivity index (χ0) is 22.7. The molecule has 5 aromatic rings. The molecule has 0 radical (unpaired) electrons. The number of hydrogen-bond acceptors (Lipinski definition) is 1. The minimum atomic E-state index is 1.02. The summed E-state index contributed by atoms with van der Waals surface area (Å²) in [5.41, 5.74) is 21.7. The molecular weight excluding hydrogens is 422 g/mol. The monoisotopic (exact) mass is 445 g/mol. The molecule has 2 aliphatic heterocycles. The number of anilines is 3. The predicted molar refractivity (Wildman–Crippen MR) is 143 cm³/mol. The Labute approximate surface area is 205 Å². The first-order valence-corrected chi connectivity index (χ1v) is 12.7. The van der Waals surface area contributed by atoms with Gasteiger partial charge in [0, 0.05) is 18.5 Å². The van der Waals surface area contributed by atoms with E-state index in [4.69, 9.17) is 0 Å². The molecule has 5 aromatic carbocycles. The molecule has 0 fully saturated rings. The van der Waals surface area contributed by atoms with Crippen LogP contribution in [0.5, 0.6) is 0 Å². The molecule has 164 valence electrons. The minimum absolute atomic E-state index is 1.02. The van der Waals surface area contributed by atoms with Gasteiger partial charge in [-0.2, -0.15) is 0 Å². The average molecular weight is 446 g/mol. The van der Waals surface area contributed by atoms with Crippen LogP contribution in [0.25, 0.3) is 22.3 Å². The fourth-order valence-corrected chi connectivity index (χ4v) is 7.24. The maximum Gasteiger partial charge on any atom is 0.0532 e. The van der Waals surface area contributed by atoms with Crippen molar-refractivity contribution < 1.29 is 0 Å². The zero-order valence-electron chi connectivity index (χ0n) is 19.4. The smallest absolute Gasteiger partial charge is 0.0532 e. The van der Waals surface area contributed by atoms with Crippen LogP contribution in [-0.4, -0.2) is 0 Å². The molecule has 2 aliphatic carbocycles. The molecule has 1 heteroatoms. The molecule has 0 saturated carbocycles. The Morgan fingerprint density at radius 3 is 2.09 bits per heavy atom. The normalized spacial score (nSPS) is 14.9. The Kier molecular flexibility index (Phi) is 3.29. The molecule has 0 bridgehead atoms. The molecule has 0 N–H and O–H groups in total. The number of nitrogens with zero attached hydrogens (tertiary/aromatic N) is 1. The summed E-state index contributed by atoms with van der Waals surface area (Å²) in [5.74, 6) is 0. The summed E-state index contributed by atoms with van der Waals surface area (Å²) in [4.78, 5) is 2.56. The van der Waals surface area contributed by atoms with Gasteiger partial charge in [0.05, 0.1) is 11.4 Å². The molecule has 2 heterocycles. The maximum absolute atomic E-state index is 2.56. The first kappa shape index (κ1) is 18.3. The fourth-order valence-electron chi connectivity index (χ4n) is 7.24. The van der Waals surface area contributed by atoms with Gasteiger partial charge < -0.3 is 4.90 Å². The second-order valence-corrected chi connectivity index (χ2v) is 10.5. The molecule has 0 spiro atoms. The molecule has 0 atom stereocenters. The lowest BCUT2D eigenvalue weighted by molar-refractivity contribution is 1.01. The third-order valence-corrected chi connectivity index (χ3v) is 8.69. The van der Waals surface area contributed by atoms with Gasteiger partial charge in [0.1, 0.15) is 0 Å². The lowest BCUT2D eigenvalue weighted by atomic mass is 9.85. The van der Waals surface area contributed by atoms with Crippen LogP contribution >= 0.6 is 0 Å². The van der Waals surface area contributed by atoms with Crippen molar-refractivity contribution in [1.82, 2.24) is 0 Å². The summed E-state index contributed by atoms with van der Waals surface area (Å²) in [5, 5.41) is 0. The van der Waals surface area contributed by atoms with E-state index in [9.17, 15) is 0 Å². The highest BCUT2D eigenvalue weighted by Crippen LogP contribution is 2.54. The van der Waals surface area contributed by atoms with Gasteiger partial charge in [0.2, 0.25) is 0 Å². The number of fused-ring (bicyclic) bond motifs is 11. The van der Waals surface area contributed by atoms with Crippen molar-refractivity contribution in [3.05, 3.63) is 136 Å². The van der Waals surface area contributed by atoms with Crippen molar-refractivity contribution in [2.24, 2.45) is 0 Å². The van der Waals surface area contributed by atoms with Crippen molar-refractivity contribution in [3.8, 4) is 22.3 Å². The summed E-state index contributed by atoms with van der Waals surface area (Å²) >= 11 is 0. The molecular formula is C34H23N. The van der Waals surface area contributed by atoms with Gasteiger partial charge in [-0.25, -0.2) is 0 Å². The van der Waals surface area contributed by atoms with E-state index >= 15 is 0 Å². The lowest BCUT2D eigenvalue weighted by Crippen LogP contribution is -2.24. The van der Waals surface area contributed by atoms with Crippen LogP contribution in [0.2, 0.25) is 0 Å². The number of rotatable bonds is 0. The molecule has 35 heavy (non-hydrogen) atoms. The van der Waals surface area contributed by atoms with Gasteiger partial charge in [0.15, 0.2) is 0 Å². The van der Waals surface area contributed by atoms with E-state index in [0.29, 0.717) is 0 Å². The molecule has 0 aromatic heterocycles. The Hall–Kier alpha value is -4.10. The van der Waals surface area contributed by atoms with Crippen LogP contribution in [0, 0.1) is 0 Å². The van der Waals surface area contributed by atoms with Gasteiger partial charge >= 0.3 is 0 Å². The van der Waals surface area contributed by atoms with E-state index in [0.717, 1.165) is 25.7 Å². The Balaban J connectivity index is 1.28. The number of para-hydroxylation sites is 2. The van der Waals surface area contributed by atoms with Crippen molar-refractivity contribution >= 4 is 17.1 Å². The first-order valence-electron chi connectivity index (χ1n) is 12.7. The van der Waals surface area contributed by atoms with Crippen molar-refractivity contribution in [2.75, 3.05) is 4.90 Å². The standard InChI is InChI=1S/C34H23N/c1-3-10-27-20(6-1)14-22-12-13-28-29-19-32-26(17-25(29)18-30(28)33(22)27)16-24-9-5-8-23-15-21-7-2-4-11-31(21)35(32)34(23)24/h1-13,17,19H,14-16,18H2. The Morgan fingerprint density at radius 2 is 1.17 bits per heavy atom. The van der Waals surface area contributed by atoms with E-state index in [1.807, 2.05) is 0 Å². The Bertz CT molecular complexity index is 1760. The summed E-state index contributed by atoms with van der Waals surface area (Å²) in [6, 6.07) is 34.6. The molecule has 0 amide bonds. The summed E-state index contributed by atoms with van der Waals surface area (Å²) in [6.45, 7) is 0. The maximum atomic E-state index is 2.56. The second-order valence-electron chi connectivity index (χ2n) is 10.5. The highest BCUT2D eigenvalue weighted by molar-refractivity contribution is 5.95. The summed E-state index contributed by atoms with van der Waals surface area (Å²) in [6.07, 6.45) is 4.14. The van der Waals surface area contributed by atoms with Gasteiger partial charge in [-0.05, 0) is 91.7 Å². The quantitative estimate of drug-likeness (QED) is 0.228. The minimum Gasteiger partial charge on any atom is -0.309 e. The van der Waals surface area contributed by atoms with Crippen LogP contribution in [0.4, 0.5) is 17.1 Å². The molecule has 4 aliphatic rings. The summed E-state index contributed by atoms with van der Waals surface area (Å²) in [7, 11) is 0. The predicted octanol–water partition coefficient (Wildman–Crippen LogP) is 8.11. The van der Waals surface area contributed by atoms with E-state index in [1.54, 1.807) is 0 Å². The highest BCUT2D eigenvalue weighted by atomic mass is 15.2. The van der Waals surface area contributed by atoms with Crippen LogP contribution in [0.1, 0.15) is 44.5 Å². The third kappa shape index (κ3) is 2.29. The van der Waals surface area contributed by atoms with Crippen molar-refractivity contribution in [3.63, 3.8) is 0 Å². The van der Waals surface area contributed by atoms with Gasteiger partial charge in [0.25, 0.3) is 0 Å². The highest BCUT2D eigenvalue weighted by Gasteiger charge is 2.34. The van der Waals surface area contributed by atoms with E-state index in [2.05, 4.69) is 95.9 Å². The molecule has 0 unspecified atom stereocenters. The van der Waals surface area contributed by atoms with E-state index < -0.39 is 0 Å². The zero-order valence-corrected chi connectivity index (χ0v) is 19.4. The first-order chi connectivity index (χ1) is 17.3. The third-order valence-electron chi connectivity index (χ3n) is 8.69. The summed E-state index contributed by atoms with van der Waals surface area (Å²) < 4.78 is 0. The van der Waals surface area contributed by atoms with Crippen LogP contribution in [-0.2, 0) is 25.7 Å². The number of benzene rings is 5. The van der Waals surface area contributed by atoms with Crippen LogP contribution in [0.15, 0.2) is 91.0 Å². The van der Waals surface area contributed by atoms with Crippen molar-refractivity contribution in [2.45, 2.75) is 25.7 Å². The van der Waals surface area contributed by atoms with E-state index in [1.165, 1.54) is 83.8 Å². The lowest BCUT2D eigenvalue weighted by Gasteiger charge is -2.39. The van der Waals surface area contributed by atoms with Gasteiger partial charge in [-0.1, -0.05) is 78.9 Å². The van der Waals surface area contributed by atoms with E-state index in [-0.39, 0.29) is 0 Å². The van der Waals surface area contributed by atoms with Crippen LogP contribution < -0.4 is 4.90 Å². The largest absolute Gasteiger partial charge is 0.309 e. The molecule has 9 rings (SSSR count).